The van der Waals surface area contributed by atoms with Crippen LogP contribution in [0.3, 0.4) is 0 Å². The molecule has 0 aromatic heterocycles. The van der Waals surface area contributed by atoms with Crippen LogP contribution in [0, 0.1) is 11.8 Å². The molecule has 0 amide bonds. The smallest absolute Gasteiger partial charge is 0.161 e. The predicted octanol–water partition coefficient (Wildman–Crippen LogP) is 3.76. The van der Waals surface area contributed by atoms with E-state index in [-0.39, 0.29) is 0 Å². The second-order valence-electron chi connectivity index (χ2n) is 6.66. The fraction of sp³-hybridized carbons (Fsp3) is 0.667. The summed E-state index contributed by atoms with van der Waals surface area (Å²) < 4.78 is 11.2. The largest absolute Gasteiger partial charge is 0.486 e. The fourth-order valence-electron chi connectivity index (χ4n) is 3.66. The van der Waals surface area contributed by atoms with Gasteiger partial charge in [-0.2, -0.15) is 0 Å². The van der Waals surface area contributed by atoms with Crippen LogP contribution in [0.2, 0.25) is 0 Å². The van der Waals surface area contributed by atoms with E-state index in [1.54, 1.807) is 0 Å². The normalized spacial score (nSPS) is 25.1. The van der Waals surface area contributed by atoms with E-state index in [1.165, 1.54) is 31.2 Å². The van der Waals surface area contributed by atoms with E-state index in [1.807, 2.05) is 6.07 Å². The highest BCUT2D eigenvalue weighted by Crippen LogP contribution is 2.32. The van der Waals surface area contributed by atoms with Crippen molar-refractivity contribution in [1.29, 1.82) is 0 Å². The van der Waals surface area contributed by atoms with E-state index >= 15 is 0 Å². The third-order valence-electron chi connectivity index (χ3n) is 4.85. The van der Waals surface area contributed by atoms with Crippen LogP contribution < -0.4 is 14.8 Å². The van der Waals surface area contributed by atoms with Crippen molar-refractivity contribution in [3.63, 3.8) is 0 Å². The lowest BCUT2D eigenvalue weighted by Gasteiger charge is -2.35. The molecule has 1 saturated carbocycles. The Hall–Kier alpha value is -1.22. The van der Waals surface area contributed by atoms with Crippen LogP contribution >= 0.6 is 0 Å². The summed E-state index contributed by atoms with van der Waals surface area (Å²) in [6, 6.07) is 6.96. The minimum Gasteiger partial charge on any atom is -0.486 e. The molecule has 3 rings (SSSR count). The summed E-state index contributed by atoms with van der Waals surface area (Å²) in [6.07, 6.45) is 5.44. The molecule has 116 valence electrons. The average molecular weight is 289 g/mol. The van der Waals surface area contributed by atoms with Gasteiger partial charge in [0.2, 0.25) is 0 Å². The Bertz CT molecular complexity index is 472. The van der Waals surface area contributed by atoms with Gasteiger partial charge in [-0.25, -0.2) is 0 Å². The zero-order valence-corrected chi connectivity index (χ0v) is 13.2. The van der Waals surface area contributed by atoms with Gasteiger partial charge in [0.05, 0.1) is 0 Å². The van der Waals surface area contributed by atoms with Gasteiger partial charge in [0.15, 0.2) is 11.5 Å². The van der Waals surface area contributed by atoms with Gasteiger partial charge in [-0.05, 0) is 42.4 Å². The monoisotopic (exact) mass is 289 g/mol. The highest BCUT2D eigenvalue weighted by atomic mass is 16.6. The maximum atomic E-state index is 5.66. The average Bonchev–Trinajstić information content (AvgIpc) is 2.53. The Morgan fingerprint density at radius 1 is 1.10 bits per heavy atom. The predicted molar refractivity (Wildman–Crippen MR) is 84.9 cm³/mol. The van der Waals surface area contributed by atoms with Gasteiger partial charge < -0.3 is 14.8 Å². The molecule has 1 aliphatic carbocycles. The van der Waals surface area contributed by atoms with Crippen molar-refractivity contribution in [1.82, 2.24) is 5.32 Å². The number of fused-ring (bicyclic) bond motifs is 1. The molecule has 2 unspecified atom stereocenters. The summed E-state index contributed by atoms with van der Waals surface area (Å²) in [6.45, 7) is 6.94. The first-order valence-corrected chi connectivity index (χ1v) is 8.36. The third-order valence-corrected chi connectivity index (χ3v) is 4.85. The molecular formula is C18H27NO2. The van der Waals surface area contributed by atoms with Gasteiger partial charge in [0.25, 0.3) is 0 Å². The second kappa shape index (κ2) is 6.69. The zero-order chi connectivity index (χ0) is 14.7. The second-order valence-corrected chi connectivity index (χ2v) is 6.66. The maximum Gasteiger partial charge on any atom is 0.161 e. The standard InChI is InChI=1S/C18H27NO2/c1-13(2)15-5-3-4-6-16(15)19-12-14-7-8-17-18(11-14)21-10-9-20-17/h7-8,11,13,15-16,19H,3-6,9-10,12H2,1-2H3. The van der Waals surface area contributed by atoms with Gasteiger partial charge in [0.1, 0.15) is 13.2 Å². The summed E-state index contributed by atoms with van der Waals surface area (Å²) in [5.41, 5.74) is 1.28. The van der Waals surface area contributed by atoms with E-state index in [4.69, 9.17) is 9.47 Å². The Kier molecular flexibility index (Phi) is 4.69. The fourth-order valence-corrected chi connectivity index (χ4v) is 3.66. The van der Waals surface area contributed by atoms with Crippen LogP contribution in [-0.2, 0) is 6.54 Å². The van der Waals surface area contributed by atoms with Crippen molar-refractivity contribution in [2.75, 3.05) is 13.2 Å². The molecule has 0 saturated heterocycles. The lowest BCUT2D eigenvalue weighted by atomic mass is 9.78. The number of nitrogens with one attached hydrogen (secondary N) is 1. The van der Waals surface area contributed by atoms with Crippen LogP contribution in [0.5, 0.6) is 11.5 Å². The van der Waals surface area contributed by atoms with Crippen molar-refractivity contribution in [2.24, 2.45) is 11.8 Å². The van der Waals surface area contributed by atoms with Crippen molar-refractivity contribution >= 4 is 0 Å². The molecule has 0 radical (unpaired) electrons. The number of hydrogen-bond donors (Lipinski definition) is 1. The quantitative estimate of drug-likeness (QED) is 0.915. The summed E-state index contributed by atoms with van der Waals surface area (Å²) in [7, 11) is 0. The molecule has 1 aromatic carbocycles. The topological polar surface area (TPSA) is 30.5 Å². The summed E-state index contributed by atoms with van der Waals surface area (Å²) in [4.78, 5) is 0. The highest BCUT2D eigenvalue weighted by Gasteiger charge is 2.27. The number of rotatable bonds is 4. The van der Waals surface area contributed by atoms with Gasteiger partial charge in [-0.15, -0.1) is 0 Å². The van der Waals surface area contributed by atoms with Crippen molar-refractivity contribution < 1.29 is 9.47 Å². The maximum absolute atomic E-state index is 5.66. The minimum absolute atomic E-state index is 0.655. The van der Waals surface area contributed by atoms with Gasteiger partial charge in [0, 0.05) is 12.6 Å². The molecule has 1 aliphatic heterocycles. The zero-order valence-electron chi connectivity index (χ0n) is 13.2. The first-order valence-electron chi connectivity index (χ1n) is 8.36. The van der Waals surface area contributed by atoms with Gasteiger partial charge in [-0.1, -0.05) is 32.8 Å². The molecule has 1 N–H and O–H groups in total. The molecule has 3 heteroatoms. The lowest BCUT2D eigenvalue weighted by molar-refractivity contribution is 0.171. The summed E-state index contributed by atoms with van der Waals surface area (Å²) in [5, 5.41) is 3.78. The number of hydrogen-bond acceptors (Lipinski definition) is 3. The molecule has 1 fully saturated rings. The molecule has 2 aliphatic rings. The first kappa shape index (κ1) is 14.7. The van der Waals surface area contributed by atoms with Crippen LogP contribution in [-0.4, -0.2) is 19.3 Å². The minimum atomic E-state index is 0.655. The number of ether oxygens (including phenoxy) is 2. The van der Waals surface area contributed by atoms with Crippen molar-refractivity contribution in [3.8, 4) is 11.5 Å². The Balaban J connectivity index is 1.61. The van der Waals surface area contributed by atoms with E-state index in [0.29, 0.717) is 19.3 Å². The molecule has 1 heterocycles. The van der Waals surface area contributed by atoms with Crippen LogP contribution in [0.15, 0.2) is 18.2 Å². The number of benzene rings is 1. The SMILES string of the molecule is CC(C)C1CCCCC1NCc1ccc2c(c1)OCCO2. The molecule has 3 nitrogen and oxygen atoms in total. The highest BCUT2D eigenvalue weighted by molar-refractivity contribution is 5.43. The Labute approximate surface area is 128 Å². The van der Waals surface area contributed by atoms with Crippen LogP contribution in [0.1, 0.15) is 45.1 Å². The van der Waals surface area contributed by atoms with Crippen molar-refractivity contribution in [2.45, 2.75) is 52.1 Å². The van der Waals surface area contributed by atoms with Crippen LogP contribution in [0.4, 0.5) is 0 Å². The van der Waals surface area contributed by atoms with E-state index in [2.05, 4.69) is 31.3 Å². The third kappa shape index (κ3) is 3.52. The Morgan fingerprint density at radius 2 is 1.86 bits per heavy atom. The van der Waals surface area contributed by atoms with Gasteiger partial charge >= 0.3 is 0 Å². The van der Waals surface area contributed by atoms with E-state index in [9.17, 15) is 0 Å². The Morgan fingerprint density at radius 3 is 2.67 bits per heavy atom. The van der Waals surface area contributed by atoms with Crippen molar-refractivity contribution in [3.05, 3.63) is 23.8 Å². The lowest BCUT2D eigenvalue weighted by Crippen LogP contribution is -2.40. The molecule has 2 atom stereocenters. The first-order chi connectivity index (χ1) is 10.2. The molecule has 0 bridgehead atoms. The molecule has 1 aromatic rings. The summed E-state index contributed by atoms with van der Waals surface area (Å²) in [5.74, 6) is 3.35. The molecule has 21 heavy (non-hydrogen) atoms. The summed E-state index contributed by atoms with van der Waals surface area (Å²) >= 11 is 0. The van der Waals surface area contributed by atoms with Gasteiger partial charge in [-0.3, -0.25) is 0 Å². The molecular weight excluding hydrogens is 262 g/mol. The van der Waals surface area contributed by atoms with E-state index < -0.39 is 0 Å². The van der Waals surface area contributed by atoms with Crippen LogP contribution in [0.25, 0.3) is 0 Å². The van der Waals surface area contributed by atoms with E-state index in [0.717, 1.165) is 29.9 Å². The molecule has 0 spiro atoms.